The highest BCUT2D eigenvalue weighted by molar-refractivity contribution is 5.83. The fourth-order valence-electron chi connectivity index (χ4n) is 3.87. The number of rotatable bonds is 4. The molecular formula is C21H23N5O3. The van der Waals surface area contributed by atoms with Gasteiger partial charge in [0.25, 0.3) is 11.2 Å². The zero-order valence-electron chi connectivity index (χ0n) is 16.5. The standard InChI is InChI=1S/C21H23N5O3/c1-3-23-10-12-24(13-11-23)16-8-9-19(26(28)29)20(14-16)25-21(27)18-7-5-4-6-17(18)15(2)22-25/h4-9,14H,3,10-13H2,1-2H3. The third-order valence-electron chi connectivity index (χ3n) is 5.56. The first-order chi connectivity index (χ1) is 14.0. The Labute approximate surface area is 168 Å². The topological polar surface area (TPSA) is 84.5 Å². The number of piperazine rings is 1. The van der Waals surface area contributed by atoms with Gasteiger partial charge in [-0.1, -0.05) is 25.1 Å². The van der Waals surface area contributed by atoms with Gasteiger partial charge in [0.05, 0.1) is 16.0 Å². The number of anilines is 1. The number of likely N-dealkylation sites (N-methyl/N-ethyl adjacent to an activating group) is 1. The molecule has 150 valence electrons. The Kier molecular flexibility index (Phi) is 5.02. The number of hydrogen-bond donors (Lipinski definition) is 0. The largest absolute Gasteiger partial charge is 0.369 e. The van der Waals surface area contributed by atoms with E-state index in [1.807, 2.05) is 12.1 Å². The Bertz CT molecular complexity index is 1130. The van der Waals surface area contributed by atoms with Crippen LogP contribution in [0.3, 0.4) is 0 Å². The van der Waals surface area contributed by atoms with Gasteiger partial charge in [-0.3, -0.25) is 14.9 Å². The minimum Gasteiger partial charge on any atom is -0.369 e. The second kappa shape index (κ2) is 7.63. The van der Waals surface area contributed by atoms with Crippen LogP contribution in [-0.4, -0.2) is 52.3 Å². The van der Waals surface area contributed by atoms with Gasteiger partial charge in [-0.15, -0.1) is 0 Å². The van der Waals surface area contributed by atoms with Crippen molar-refractivity contribution in [2.24, 2.45) is 0 Å². The molecule has 0 radical (unpaired) electrons. The molecule has 1 fully saturated rings. The van der Waals surface area contributed by atoms with E-state index in [-0.39, 0.29) is 16.9 Å². The molecule has 1 aliphatic heterocycles. The van der Waals surface area contributed by atoms with Gasteiger partial charge in [0, 0.05) is 43.3 Å². The van der Waals surface area contributed by atoms with Crippen molar-refractivity contribution in [2.45, 2.75) is 13.8 Å². The minimum absolute atomic E-state index is 0.134. The summed E-state index contributed by atoms with van der Waals surface area (Å²) < 4.78 is 1.17. The van der Waals surface area contributed by atoms with Crippen LogP contribution in [0.15, 0.2) is 47.3 Å². The second-order valence-electron chi connectivity index (χ2n) is 7.20. The predicted molar refractivity (Wildman–Crippen MR) is 113 cm³/mol. The molecule has 0 N–H and O–H groups in total. The van der Waals surface area contributed by atoms with Crippen LogP contribution in [0.5, 0.6) is 0 Å². The van der Waals surface area contributed by atoms with E-state index in [9.17, 15) is 14.9 Å². The zero-order valence-corrected chi connectivity index (χ0v) is 16.5. The summed E-state index contributed by atoms with van der Waals surface area (Å²) in [6.45, 7) is 8.51. The maximum absolute atomic E-state index is 13.1. The molecule has 0 amide bonds. The van der Waals surface area contributed by atoms with Gasteiger partial charge in [-0.25, -0.2) is 0 Å². The molecule has 4 rings (SSSR count). The van der Waals surface area contributed by atoms with E-state index in [1.165, 1.54) is 10.7 Å². The Morgan fingerprint density at radius 2 is 1.76 bits per heavy atom. The van der Waals surface area contributed by atoms with Gasteiger partial charge in [-0.05, 0) is 31.7 Å². The lowest BCUT2D eigenvalue weighted by molar-refractivity contribution is -0.384. The SMILES string of the molecule is CCN1CCN(c2ccc([N+](=O)[O-])c(-n3nc(C)c4ccccc4c3=O)c2)CC1. The van der Waals surface area contributed by atoms with Gasteiger partial charge in [0.2, 0.25) is 0 Å². The first-order valence-corrected chi connectivity index (χ1v) is 9.74. The van der Waals surface area contributed by atoms with Crippen LogP contribution >= 0.6 is 0 Å². The molecule has 8 nitrogen and oxygen atoms in total. The highest BCUT2D eigenvalue weighted by Gasteiger charge is 2.23. The van der Waals surface area contributed by atoms with E-state index < -0.39 is 4.92 Å². The molecule has 0 unspecified atom stereocenters. The highest BCUT2D eigenvalue weighted by Crippen LogP contribution is 2.28. The molecule has 0 aliphatic carbocycles. The van der Waals surface area contributed by atoms with Gasteiger partial charge < -0.3 is 9.80 Å². The van der Waals surface area contributed by atoms with Crippen molar-refractivity contribution >= 4 is 22.1 Å². The lowest BCUT2D eigenvalue weighted by Gasteiger charge is -2.35. The van der Waals surface area contributed by atoms with Crippen LogP contribution in [0.25, 0.3) is 16.5 Å². The molecule has 0 saturated carbocycles. The molecule has 1 saturated heterocycles. The van der Waals surface area contributed by atoms with Crippen LogP contribution in [0, 0.1) is 17.0 Å². The molecule has 2 heterocycles. The quantitative estimate of drug-likeness (QED) is 0.501. The average molecular weight is 393 g/mol. The molecule has 0 bridgehead atoms. The van der Waals surface area contributed by atoms with Crippen LogP contribution in [0.4, 0.5) is 11.4 Å². The summed E-state index contributed by atoms with van der Waals surface area (Å²) in [7, 11) is 0. The van der Waals surface area contributed by atoms with Crippen molar-refractivity contribution in [1.82, 2.24) is 14.7 Å². The van der Waals surface area contributed by atoms with Gasteiger partial charge in [-0.2, -0.15) is 9.78 Å². The van der Waals surface area contributed by atoms with Crippen molar-refractivity contribution in [3.8, 4) is 5.69 Å². The van der Waals surface area contributed by atoms with Crippen molar-refractivity contribution in [3.63, 3.8) is 0 Å². The van der Waals surface area contributed by atoms with E-state index in [1.54, 1.807) is 31.2 Å². The molecule has 1 aliphatic rings. The van der Waals surface area contributed by atoms with Crippen molar-refractivity contribution < 1.29 is 4.92 Å². The molecule has 0 atom stereocenters. The number of nitro groups is 1. The monoisotopic (exact) mass is 393 g/mol. The van der Waals surface area contributed by atoms with Gasteiger partial charge >= 0.3 is 0 Å². The van der Waals surface area contributed by atoms with E-state index in [0.717, 1.165) is 43.8 Å². The fraction of sp³-hybridized carbons (Fsp3) is 0.333. The van der Waals surface area contributed by atoms with Crippen LogP contribution < -0.4 is 10.5 Å². The Morgan fingerprint density at radius 1 is 1.07 bits per heavy atom. The van der Waals surface area contributed by atoms with Gasteiger partial charge in [0.15, 0.2) is 0 Å². The van der Waals surface area contributed by atoms with E-state index >= 15 is 0 Å². The maximum atomic E-state index is 13.1. The molecule has 0 spiro atoms. The summed E-state index contributed by atoms with van der Waals surface area (Å²) in [5, 5.41) is 17.3. The van der Waals surface area contributed by atoms with Crippen LogP contribution in [0.1, 0.15) is 12.6 Å². The van der Waals surface area contributed by atoms with E-state index in [4.69, 9.17) is 0 Å². The zero-order chi connectivity index (χ0) is 20.5. The normalized spacial score (nSPS) is 15.0. The lowest BCUT2D eigenvalue weighted by Crippen LogP contribution is -2.46. The highest BCUT2D eigenvalue weighted by atomic mass is 16.6. The third-order valence-corrected chi connectivity index (χ3v) is 5.56. The van der Waals surface area contributed by atoms with Crippen molar-refractivity contribution in [1.29, 1.82) is 0 Å². The van der Waals surface area contributed by atoms with E-state index in [2.05, 4.69) is 21.8 Å². The first-order valence-electron chi connectivity index (χ1n) is 9.74. The Balaban J connectivity index is 1.85. The summed E-state index contributed by atoms with van der Waals surface area (Å²) in [5.74, 6) is 0. The molecule has 8 heteroatoms. The summed E-state index contributed by atoms with van der Waals surface area (Å²) in [5.41, 5.74) is 1.22. The molecule has 2 aromatic carbocycles. The van der Waals surface area contributed by atoms with Crippen molar-refractivity contribution in [3.05, 3.63) is 68.6 Å². The summed E-state index contributed by atoms with van der Waals surface area (Å²) >= 11 is 0. The maximum Gasteiger partial charge on any atom is 0.295 e. The van der Waals surface area contributed by atoms with Crippen molar-refractivity contribution in [2.75, 3.05) is 37.6 Å². The number of aryl methyl sites for hydroxylation is 1. The minimum atomic E-state index is -0.465. The Hall–Kier alpha value is -3.26. The summed E-state index contributed by atoms with van der Waals surface area (Å²) in [6, 6.07) is 12.1. The number of nitro benzene ring substituents is 1. The third kappa shape index (κ3) is 3.47. The Morgan fingerprint density at radius 3 is 2.41 bits per heavy atom. The predicted octanol–water partition coefficient (Wildman–Crippen LogP) is 2.74. The number of nitrogens with zero attached hydrogens (tertiary/aromatic N) is 5. The summed E-state index contributed by atoms with van der Waals surface area (Å²) in [6.07, 6.45) is 0. The number of hydrogen-bond acceptors (Lipinski definition) is 6. The molecular weight excluding hydrogens is 370 g/mol. The first kappa shape index (κ1) is 19.1. The van der Waals surface area contributed by atoms with Crippen LogP contribution in [0.2, 0.25) is 0 Å². The smallest absolute Gasteiger partial charge is 0.295 e. The summed E-state index contributed by atoms with van der Waals surface area (Å²) in [4.78, 5) is 28.8. The molecule has 3 aromatic rings. The molecule has 1 aromatic heterocycles. The average Bonchev–Trinajstić information content (AvgIpc) is 2.76. The van der Waals surface area contributed by atoms with Gasteiger partial charge in [0.1, 0.15) is 5.69 Å². The fourth-order valence-corrected chi connectivity index (χ4v) is 3.87. The second-order valence-corrected chi connectivity index (χ2v) is 7.20. The number of fused-ring (bicyclic) bond motifs is 1. The number of aromatic nitrogens is 2. The number of benzene rings is 2. The molecule has 29 heavy (non-hydrogen) atoms. The van der Waals surface area contributed by atoms with Crippen LogP contribution in [-0.2, 0) is 0 Å². The van der Waals surface area contributed by atoms with E-state index in [0.29, 0.717) is 11.1 Å². The lowest BCUT2D eigenvalue weighted by atomic mass is 10.1.